The zero-order valence-corrected chi connectivity index (χ0v) is 19.3. The summed E-state index contributed by atoms with van der Waals surface area (Å²) in [6, 6.07) is 22.5. The number of nitrogens with one attached hydrogen (secondary N) is 1. The molecule has 0 aliphatic heterocycles. The molecule has 5 rings (SSSR count). The van der Waals surface area contributed by atoms with Crippen molar-refractivity contribution in [3.8, 4) is 5.75 Å². The fourth-order valence-electron chi connectivity index (χ4n) is 3.41. The first kappa shape index (κ1) is 22.0. The largest absolute Gasteiger partial charge is 0.486 e. The number of amides is 1. The number of ether oxygens (including phenoxy) is 1. The van der Waals surface area contributed by atoms with Gasteiger partial charge in [-0.25, -0.2) is 9.67 Å². The Morgan fingerprint density at radius 1 is 0.971 bits per heavy atom. The average Bonchev–Trinajstić information content (AvgIpc) is 3.50. The maximum atomic E-state index is 12.5. The molecular weight excluding hydrogens is 475 g/mol. The van der Waals surface area contributed by atoms with E-state index in [0.29, 0.717) is 22.4 Å². The van der Waals surface area contributed by atoms with Crippen molar-refractivity contribution in [2.24, 2.45) is 0 Å². The maximum absolute atomic E-state index is 12.5. The molecule has 1 N–H and O–H groups in total. The minimum atomic E-state index is -0.454. The molecule has 3 aromatic carbocycles. The van der Waals surface area contributed by atoms with Gasteiger partial charge in [0.25, 0.3) is 5.91 Å². The highest BCUT2D eigenvalue weighted by molar-refractivity contribution is 6.42. The lowest BCUT2D eigenvalue weighted by atomic mass is 10.1. The molecule has 0 saturated heterocycles. The third kappa shape index (κ3) is 5.06. The number of carbonyl (C=O) groups excluding carboxylic acids is 1. The summed E-state index contributed by atoms with van der Waals surface area (Å²) in [6.07, 6.45) is 1.52. The first-order valence-corrected chi connectivity index (χ1v) is 11.1. The summed E-state index contributed by atoms with van der Waals surface area (Å²) < 4.78 is 13.0. The van der Waals surface area contributed by atoms with Crippen LogP contribution in [0.5, 0.6) is 5.75 Å². The molecule has 0 atom stereocenters. The molecule has 0 fully saturated rings. The molecule has 2 aromatic heterocycles. The normalized spacial score (nSPS) is 11.0. The molecule has 1 amide bonds. The number of aromatic nitrogens is 3. The maximum Gasteiger partial charge on any atom is 0.293 e. The second-order valence-electron chi connectivity index (χ2n) is 7.53. The summed E-state index contributed by atoms with van der Waals surface area (Å²) in [7, 11) is 0. The van der Waals surface area contributed by atoms with E-state index in [2.05, 4.69) is 15.4 Å². The number of halogens is 2. The monoisotopic (exact) mass is 492 g/mol. The van der Waals surface area contributed by atoms with Crippen molar-refractivity contribution in [3.05, 3.63) is 106 Å². The van der Waals surface area contributed by atoms with E-state index in [-0.39, 0.29) is 18.3 Å². The van der Waals surface area contributed by atoms with Crippen molar-refractivity contribution < 1.29 is 13.9 Å². The third-order valence-electron chi connectivity index (χ3n) is 5.08. The first-order chi connectivity index (χ1) is 16.5. The van der Waals surface area contributed by atoms with Crippen LogP contribution < -0.4 is 10.1 Å². The van der Waals surface area contributed by atoms with Crippen LogP contribution in [0.15, 0.2) is 83.5 Å². The third-order valence-corrected chi connectivity index (χ3v) is 5.82. The summed E-state index contributed by atoms with van der Waals surface area (Å²) in [5.41, 5.74) is 0.902. The van der Waals surface area contributed by atoms with Gasteiger partial charge < -0.3 is 9.15 Å². The summed E-state index contributed by atoms with van der Waals surface area (Å²) in [5.74, 6) is 1.09. The number of carbonyl (C=O) groups is 1. The molecule has 2 heterocycles. The van der Waals surface area contributed by atoms with Crippen LogP contribution in [0.1, 0.15) is 21.9 Å². The number of benzene rings is 3. The fourth-order valence-corrected chi connectivity index (χ4v) is 3.73. The van der Waals surface area contributed by atoms with Crippen molar-refractivity contribution in [3.63, 3.8) is 0 Å². The second kappa shape index (κ2) is 9.59. The van der Waals surface area contributed by atoms with Gasteiger partial charge in [-0.1, -0.05) is 59.6 Å². The molecule has 9 heteroatoms. The quantitative estimate of drug-likeness (QED) is 0.292. The van der Waals surface area contributed by atoms with Crippen molar-refractivity contribution >= 4 is 45.8 Å². The summed E-state index contributed by atoms with van der Waals surface area (Å²) in [6.45, 7) is 0.624. The Balaban J connectivity index is 1.18. The first-order valence-electron chi connectivity index (χ1n) is 10.4. The molecule has 0 unspecified atom stereocenters. The van der Waals surface area contributed by atoms with Gasteiger partial charge in [0.15, 0.2) is 5.76 Å². The molecule has 0 spiro atoms. The Hall–Kier alpha value is -3.81. The molecular formula is C25H18Cl2N4O3. The van der Waals surface area contributed by atoms with Gasteiger partial charge in [0.2, 0.25) is 5.95 Å². The Bertz CT molecular complexity index is 1480. The average molecular weight is 493 g/mol. The van der Waals surface area contributed by atoms with Gasteiger partial charge in [0.05, 0.1) is 16.6 Å². The predicted molar refractivity (Wildman–Crippen MR) is 131 cm³/mol. The molecule has 0 aliphatic rings. The minimum absolute atomic E-state index is 0.137. The standard InChI is InChI=1S/C25H18Cl2N4O3/c26-21-9-5-16(11-22(21)27)13-31-15-28-25(30-31)29-24(32)23-10-8-20(34-23)14-33-19-7-6-17-3-1-2-4-18(17)12-19/h1-12,15H,13-14H2,(H,29,30,32). The Kier molecular flexibility index (Phi) is 6.20. The van der Waals surface area contributed by atoms with Crippen LogP contribution in [0.25, 0.3) is 10.8 Å². The molecule has 34 heavy (non-hydrogen) atoms. The van der Waals surface area contributed by atoms with Crippen LogP contribution >= 0.6 is 23.2 Å². The van der Waals surface area contributed by atoms with Gasteiger partial charge in [-0.15, -0.1) is 5.10 Å². The Labute approximate surface area is 204 Å². The number of anilines is 1. The number of rotatable bonds is 7. The highest BCUT2D eigenvalue weighted by Gasteiger charge is 2.14. The number of nitrogens with zero attached hydrogens (tertiary/aromatic N) is 3. The lowest BCUT2D eigenvalue weighted by Crippen LogP contribution is -2.12. The van der Waals surface area contributed by atoms with Crippen LogP contribution in [0, 0.1) is 0 Å². The van der Waals surface area contributed by atoms with Gasteiger partial charge in [-0.2, -0.15) is 0 Å². The van der Waals surface area contributed by atoms with Crippen molar-refractivity contribution in [2.75, 3.05) is 5.32 Å². The highest BCUT2D eigenvalue weighted by atomic mass is 35.5. The summed E-state index contributed by atoms with van der Waals surface area (Å²) >= 11 is 12.0. The highest BCUT2D eigenvalue weighted by Crippen LogP contribution is 2.23. The van der Waals surface area contributed by atoms with E-state index < -0.39 is 5.91 Å². The van der Waals surface area contributed by atoms with Crippen molar-refractivity contribution in [1.29, 1.82) is 0 Å². The number of hydrogen-bond acceptors (Lipinski definition) is 5. The van der Waals surface area contributed by atoms with Gasteiger partial charge in [0.1, 0.15) is 24.4 Å². The van der Waals surface area contributed by atoms with Crippen LogP contribution in [-0.4, -0.2) is 20.7 Å². The van der Waals surface area contributed by atoms with Crippen LogP contribution in [0.3, 0.4) is 0 Å². The molecule has 170 valence electrons. The van der Waals surface area contributed by atoms with Crippen LogP contribution in [0.2, 0.25) is 10.0 Å². The van der Waals surface area contributed by atoms with E-state index in [1.54, 1.807) is 28.9 Å². The molecule has 7 nitrogen and oxygen atoms in total. The van der Waals surface area contributed by atoms with E-state index in [0.717, 1.165) is 22.1 Å². The van der Waals surface area contributed by atoms with E-state index >= 15 is 0 Å². The van der Waals surface area contributed by atoms with E-state index in [1.165, 1.54) is 6.33 Å². The molecule has 0 bridgehead atoms. The summed E-state index contributed by atoms with van der Waals surface area (Å²) in [4.78, 5) is 16.7. The SMILES string of the molecule is O=C(Nc1ncn(Cc2ccc(Cl)c(Cl)c2)n1)c1ccc(COc2ccc3ccccc3c2)o1. The molecule has 5 aromatic rings. The Morgan fingerprint density at radius 3 is 2.68 bits per heavy atom. The number of hydrogen-bond donors (Lipinski definition) is 1. The van der Waals surface area contributed by atoms with E-state index in [4.69, 9.17) is 32.4 Å². The van der Waals surface area contributed by atoms with E-state index in [1.807, 2.05) is 48.5 Å². The lowest BCUT2D eigenvalue weighted by molar-refractivity contribution is 0.0991. The van der Waals surface area contributed by atoms with Crippen LogP contribution in [-0.2, 0) is 13.2 Å². The predicted octanol–water partition coefficient (Wildman–Crippen LogP) is 6.21. The molecule has 0 aliphatic carbocycles. The van der Waals surface area contributed by atoms with Crippen LogP contribution in [0.4, 0.5) is 5.95 Å². The molecule has 0 radical (unpaired) electrons. The van der Waals surface area contributed by atoms with Crippen molar-refractivity contribution in [2.45, 2.75) is 13.2 Å². The van der Waals surface area contributed by atoms with Gasteiger partial charge in [-0.3, -0.25) is 10.1 Å². The topological polar surface area (TPSA) is 82.2 Å². The second-order valence-corrected chi connectivity index (χ2v) is 8.35. The smallest absolute Gasteiger partial charge is 0.293 e. The number of fused-ring (bicyclic) bond motifs is 1. The zero-order valence-electron chi connectivity index (χ0n) is 17.7. The zero-order chi connectivity index (χ0) is 23.5. The fraction of sp³-hybridized carbons (Fsp3) is 0.0800. The Morgan fingerprint density at radius 2 is 1.82 bits per heavy atom. The van der Waals surface area contributed by atoms with Gasteiger partial charge in [-0.05, 0) is 52.7 Å². The summed E-state index contributed by atoms with van der Waals surface area (Å²) in [5, 5.41) is 10.1. The van der Waals surface area contributed by atoms with Crippen molar-refractivity contribution in [1.82, 2.24) is 14.8 Å². The van der Waals surface area contributed by atoms with Gasteiger partial charge >= 0.3 is 0 Å². The van der Waals surface area contributed by atoms with Gasteiger partial charge in [0, 0.05) is 0 Å². The number of furan rings is 1. The minimum Gasteiger partial charge on any atom is -0.486 e. The molecule has 0 saturated carbocycles. The van der Waals surface area contributed by atoms with E-state index in [9.17, 15) is 4.79 Å². The lowest BCUT2D eigenvalue weighted by Gasteiger charge is -2.05.